The lowest BCUT2D eigenvalue weighted by atomic mass is 9.84. The van der Waals surface area contributed by atoms with E-state index in [4.69, 9.17) is 5.73 Å². The summed E-state index contributed by atoms with van der Waals surface area (Å²) in [6.07, 6.45) is 2.21. The van der Waals surface area contributed by atoms with Crippen LogP contribution < -0.4 is 15.8 Å². The summed E-state index contributed by atoms with van der Waals surface area (Å²) in [7, 11) is -3.76. The van der Waals surface area contributed by atoms with E-state index in [-0.39, 0.29) is 5.91 Å². The second-order valence-electron chi connectivity index (χ2n) is 10.0. The first-order valence-corrected chi connectivity index (χ1v) is 15.0. The molecule has 0 unspecified atom stereocenters. The Bertz CT molecular complexity index is 1360. The van der Waals surface area contributed by atoms with Crippen LogP contribution in [-0.4, -0.2) is 50.0 Å². The summed E-state index contributed by atoms with van der Waals surface area (Å²) in [4.78, 5) is 28.9. The highest BCUT2D eigenvalue weighted by atomic mass is 32.2. The average Bonchev–Trinajstić information content (AvgIpc) is 3.42. The third-order valence-electron chi connectivity index (χ3n) is 7.19. The Morgan fingerprint density at radius 2 is 1.62 bits per heavy atom. The predicted octanol–water partition coefficient (Wildman–Crippen LogP) is 2.81. The molecule has 1 fully saturated rings. The van der Waals surface area contributed by atoms with E-state index < -0.39 is 33.9 Å². The van der Waals surface area contributed by atoms with E-state index in [1.54, 1.807) is 0 Å². The molecule has 0 saturated carbocycles. The molecule has 1 aliphatic heterocycles. The number of nitrogens with one attached hydrogen (secondary N) is 2. The van der Waals surface area contributed by atoms with Gasteiger partial charge in [-0.05, 0) is 47.6 Å². The van der Waals surface area contributed by atoms with Crippen molar-refractivity contribution in [2.24, 2.45) is 5.73 Å². The maximum Gasteiger partial charge on any atom is 0.243 e. The SMILES string of the molecule is Cc1cc(CNC(=O)[C@@H]2CCCN2C(=O)[C@H](NS(C)(=O)=O)C(c2ccccc2)c2ccccc2)ccc1CN. The van der Waals surface area contributed by atoms with Gasteiger partial charge < -0.3 is 16.0 Å². The Hall–Kier alpha value is -3.53. The van der Waals surface area contributed by atoms with E-state index in [1.807, 2.05) is 85.8 Å². The van der Waals surface area contributed by atoms with Gasteiger partial charge in [-0.25, -0.2) is 13.1 Å². The fourth-order valence-electron chi connectivity index (χ4n) is 5.28. The van der Waals surface area contributed by atoms with Crippen LogP contribution in [0.3, 0.4) is 0 Å². The number of sulfonamides is 1. The molecule has 206 valence electrons. The Labute approximate surface area is 230 Å². The molecule has 9 heteroatoms. The molecular weight excluding hydrogens is 512 g/mol. The van der Waals surface area contributed by atoms with Gasteiger partial charge in [0.15, 0.2) is 0 Å². The molecular formula is C30H36N4O4S. The summed E-state index contributed by atoms with van der Waals surface area (Å²) in [6, 6.07) is 22.8. The van der Waals surface area contributed by atoms with Crippen molar-refractivity contribution >= 4 is 21.8 Å². The summed E-state index contributed by atoms with van der Waals surface area (Å²) < 4.78 is 27.6. The Balaban J connectivity index is 1.60. The zero-order valence-corrected chi connectivity index (χ0v) is 23.2. The van der Waals surface area contributed by atoms with Crippen molar-refractivity contribution in [2.75, 3.05) is 12.8 Å². The Morgan fingerprint density at radius 1 is 1.00 bits per heavy atom. The van der Waals surface area contributed by atoms with Crippen LogP contribution in [0.25, 0.3) is 0 Å². The maximum atomic E-state index is 14.1. The number of carbonyl (C=O) groups is 2. The van der Waals surface area contributed by atoms with Crippen LogP contribution >= 0.6 is 0 Å². The van der Waals surface area contributed by atoms with E-state index in [2.05, 4.69) is 10.0 Å². The minimum absolute atomic E-state index is 0.254. The topological polar surface area (TPSA) is 122 Å². The number of hydrogen-bond donors (Lipinski definition) is 3. The Kier molecular flexibility index (Phi) is 9.16. The average molecular weight is 549 g/mol. The minimum atomic E-state index is -3.76. The smallest absolute Gasteiger partial charge is 0.243 e. The van der Waals surface area contributed by atoms with Crippen molar-refractivity contribution < 1.29 is 18.0 Å². The molecule has 0 aliphatic carbocycles. The lowest BCUT2D eigenvalue weighted by molar-refractivity contribution is -0.140. The fraction of sp³-hybridized carbons (Fsp3) is 0.333. The van der Waals surface area contributed by atoms with Gasteiger partial charge >= 0.3 is 0 Å². The molecule has 0 aromatic heterocycles. The van der Waals surface area contributed by atoms with Gasteiger partial charge in [0.2, 0.25) is 21.8 Å². The molecule has 1 saturated heterocycles. The van der Waals surface area contributed by atoms with Crippen LogP contribution in [0.5, 0.6) is 0 Å². The third kappa shape index (κ3) is 7.11. The molecule has 8 nitrogen and oxygen atoms in total. The first-order valence-electron chi connectivity index (χ1n) is 13.1. The summed E-state index contributed by atoms with van der Waals surface area (Å²) in [5.41, 5.74) is 10.4. The largest absolute Gasteiger partial charge is 0.350 e. The third-order valence-corrected chi connectivity index (χ3v) is 7.87. The first-order chi connectivity index (χ1) is 18.7. The number of amides is 2. The van der Waals surface area contributed by atoms with Crippen LogP contribution in [0.2, 0.25) is 0 Å². The van der Waals surface area contributed by atoms with E-state index in [1.165, 1.54) is 4.90 Å². The second kappa shape index (κ2) is 12.5. The lowest BCUT2D eigenvalue weighted by Gasteiger charge is -2.33. The van der Waals surface area contributed by atoms with Gasteiger partial charge in [-0.3, -0.25) is 9.59 Å². The zero-order valence-electron chi connectivity index (χ0n) is 22.3. The minimum Gasteiger partial charge on any atom is -0.350 e. The number of likely N-dealkylation sites (tertiary alicyclic amines) is 1. The second-order valence-corrected chi connectivity index (χ2v) is 11.8. The van der Waals surface area contributed by atoms with Gasteiger partial charge in [-0.15, -0.1) is 0 Å². The Morgan fingerprint density at radius 3 is 2.15 bits per heavy atom. The summed E-state index contributed by atoms with van der Waals surface area (Å²) in [6.45, 7) is 3.13. The molecule has 0 bridgehead atoms. The van der Waals surface area contributed by atoms with Crippen molar-refractivity contribution in [3.63, 3.8) is 0 Å². The van der Waals surface area contributed by atoms with Crippen LogP contribution in [0.15, 0.2) is 78.9 Å². The number of nitrogens with two attached hydrogens (primary N) is 1. The molecule has 3 aromatic carbocycles. The molecule has 4 N–H and O–H groups in total. The number of aryl methyl sites for hydroxylation is 1. The van der Waals surface area contributed by atoms with Gasteiger partial charge in [0.1, 0.15) is 12.1 Å². The van der Waals surface area contributed by atoms with Crippen LogP contribution in [0.4, 0.5) is 0 Å². The molecule has 3 aromatic rings. The van der Waals surface area contributed by atoms with Crippen molar-refractivity contribution in [3.05, 3.63) is 107 Å². The van der Waals surface area contributed by atoms with Gasteiger partial charge in [-0.1, -0.05) is 78.9 Å². The monoisotopic (exact) mass is 548 g/mol. The van der Waals surface area contributed by atoms with Crippen LogP contribution in [-0.2, 0) is 32.7 Å². The number of nitrogens with zero attached hydrogens (tertiary/aromatic N) is 1. The van der Waals surface area contributed by atoms with E-state index in [0.29, 0.717) is 32.5 Å². The highest BCUT2D eigenvalue weighted by molar-refractivity contribution is 7.88. The van der Waals surface area contributed by atoms with Crippen molar-refractivity contribution in [3.8, 4) is 0 Å². The van der Waals surface area contributed by atoms with Gasteiger partial charge in [0, 0.05) is 25.6 Å². The molecule has 1 heterocycles. The molecule has 2 atom stereocenters. The number of hydrogen-bond acceptors (Lipinski definition) is 5. The standard InChI is InChI=1S/C30H36N4O4S/c1-21-18-22(15-16-25(21)19-31)20-32-29(35)26-14-9-17-34(26)30(36)28(33-39(2,37)38)27(23-10-5-3-6-11-23)24-12-7-4-8-13-24/h3-8,10-13,15-16,18,26-28,33H,9,14,17,19-20,31H2,1-2H3,(H,32,35)/t26-,28+/m0/s1. The highest BCUT2D eigenvalue weighted by Gasteiger charge is 2.41. The summed E-state index contributed by atoms with van der Waals surface area (Å²) in [5.74, 6) is -1.25. The van der Waals surface area contributed by atoms with Crippen molar-refractivity contribution in [1.82, 2.24) is 14.9 Å². The van der Waals surface area contributed by atoms with Gasteiger partial charge in [0.25, 0.3) is 0 Å². The van der Waals surface area contributed by atoms with Crippen LogP contribution in [0.1, 0.15) is 46.6 Å². The van der Waals surface area contributed by atoms with Gasteiger partial charge in [-0.2, -0.15) is 0 Å². The van der Waals surface area contributed by atoms with E-state index >= 15 is 0 Å². The quantitative estimate of drug-likeness (QED) is 0.360. The van der Waals surface area contributed by atoms with E-state index in [9.17, 15) is 18.0 Å². The molecule has 0 spiro atoms. The highest BCUT2D eigenvalue weighted by Crippen LogP contribution is 2.31. The van der Waals surface area contributed by atoms with Crippen molar-refractivity contribution in [1.29, 1.82) is 0 Å². The first kappa shape index (κ1) is 28.5. The number of carbonyl (C=O) groups excluding carboxylic acids is 2. The van der Waals surface area contributed by atoms with Gasteiger partial charge in [0.05, 0.1) is 6.26 Å². The number of benzene rings is 3. The molecule has 1 aliphatic rings. The fourth-order valence-corrected chi connectivity index (χ4v) is 5.97. The lowest BCUT2D eigenvalue weighted by Crippen LogP contribution is -2.55. The molecule has 39 heavy (non-hydrogen) atoms. The molecule has 2 amide bonds. The van der Waals surface area contributed by atoms with Crippen molar-refractivity contribution in [2.45, 2.75) is 50.9 Å². The molecule has 4 rings (SSSR count). The summed E-state index contributed by atoms with van der Waals surface area (Å²) in [5, 5.41) is 2.97. The normalized spacial score (nSPS) is 16.3. The zero-order chi connectivity index (χ0) is 28.0. The van der Waals surface area contributed by atoms with E-state index in [0.717, 1.165) is 34.1 Å². The summed E-state index contributed by atoms with van der Waals surface area (Å²) >= 11 is 0. The van der Waals surface area contributed by atoms with Crippen LogP contribution in [0, 0.1) is 6.92 Å². The maximum absolute atomic E-state index is 14.1. The predicted molar refractivity (Wildman–Crippen MR) is 152 cm³/mol. The number of rotatable bonds is 10. The molecule has 0 radical (unpaired) electrons.